The number of allylic oxidation sites excluding steroid dienone is 7. The van der Waals surface area contributed by atoms with Gasteiger partial charge in [-0.3, -0.25) is 9.59 Å². The monoisotopic (exact) mass is 853 g/mol. The number of esters is 2. The zero-order valence-corrected chi connectivity index (χ0v) is 40.3. The van der Waals surface area contributed by atoms with E-state index in [0.29, 0.717) is 0 Å². The first-order chi connectivity index (χ1) is 30.1. The van der Waals surface area contributed by atoms with Crippen molar-refractivity contribution in [2.75, 3.05) is 28.4 Å². The van der Waals surface area contributed by atoms with Crippen LogP contribution in [0.25, 0.3) is 38.3 Å². The fourth-order valence-corrected chi connectivity index (χ4v) is 6.63. The van der Waals surface area contributed by atoms with Crippen molar-refractivity contribution in [2.24, 2.45) is 23.7 Å². The lowest BCUT2D eigenvalue weighted by Gasteiger charge is -2.09. The van der Waals surface area contributed by atoms with Crippen molar-refractivity contribution < 1.29 is 23.8 Å². The summed E-state index contributed by atoms with van der Waals surface area (Å²) in [6.45, 7) is 25.2. The smallest absolute Gasteiger partial charge is 0.302 e. The molecule has 3 aliphatic rings. The van der Waals surface area contributed by atoms with E-state index in [2.05, 4.69) is 169 Å². The highest BCUT2D eigenvalue weighted by atomic mass is 16.5. The number of fused-ring (bicyclic) bond motifs is 4. The summed E-state index contributed by atoms with van der Waals surface area (Å²) >= 11 is 0. The minimum Gasteiger partial charge on any atom is -0.469 e. The molecule has 2 bridgehead atoms. The van der Waals surface area contributed by atoms with Crippen molar-refractivity contribution in [3.8, 4) is 0 Å². The Morgan fingerprint density at radius 3 is 1.19 bits per heavy atom. The molecule has 5 heteroatoms. The Morgan fingerprint density at radius 2 is 0.937 bits per heavy atom. The van der Waals surface area contributed by atoms with Crippen LogP contribution in [0.3, 0.4) is 0 Å². The molecule has 1 fully saturated rings. The van der Waals surface area contributed by atoms with Crippen LogP contribution in [0.4, 0.5) is 0 Å². The van der Waals surface area contributed by atoms with Gasteiger partial charge in [0.2, 0.25) is 0 Å². The summed E-state index contributed by atoms with van der Waals surface area (Å²) in [5, 5.41) is 5.13. The van der Waals surface area contributed by atoms with Gasteiger partial charge in [0, 0.05) is 28.1 Å². The van der Waals surface area contributed by atoms with E-state index in [-0.39, 0.29) is 11.9 Å². The molecule has 338 valence electrons. The molecule has 0 spiro atoms. The summed E-state index contributed by atoms with van der Waals surface area (Å²) in [6, 6.07) is 39.8. The molecule has 0 aliphatic heterocycles. The Labute approximate surface area is 381 Å². The summed E-state index contributed by atoms with van der Waals surface area (Å²) in [5.41, 5.74) is 7.02. The van der Waals surface area contributed by atoms with Gasteiger partial charge < -0.3 is 14.2 Å². The predicted octanol–water partition coefficient (Wildman–Crippen LogP) is 15.7. The first kappa shape index (κ1) is 55.2. The van der Waals surface area contributed by atoms with Gasteiger partial charge >= 0.3 is 11.9 Å². The summed E-state index contributed by atoms with van der Waals surface area (Å²) < 4.78 is 12.5. The van der Waals surface area contributed by atoms with E-state index in [1.54, 1.807) is 14.2 Å². The molecule has 4 unspecified atom stereocenters. The Kier molecular flexibility index (Phi) is 28.0. The van der Waals surface area contributed by atoms with Crippen LogP contribution in [0.15, 0.2) is 159 Å². The molecule has 3 aliphatic carbocycles. The molecule has 4 atom stereocenters. The number of carbonyl (C=O) groups excluding carboxylic acids is 2. The van der Waals surface area contributed by atoms with Crippen molar-refractivity contribution in [1.29, 1.82) is 0 Å². The minimum absolute atomic E-state index is 0.245. The fraction of sp³-hybridized carbons (Fsp3) is 0.345. The largest absolute Gasteiger partial charge is 0.469 e. The fourth-order valence-electron chi connectivity index (χ4n) is 6.63. The van der Waals surface area contributed by atoms with Crippen molar-refractivity contribution in [1.82, 2.24) is 0 Å². The number of benzene rings is 5. The number of ether oxygens (including phenoxy) is 3. The van der Waals surface area contributed by atoms with Gasteiger partial charge in [-0.15, -0.1) is 0 Å². The van der Waals surface area contributed by atoms with Gasteiger partial charge in [-0.1, -0.05) is 178 Å². The molecule has 5 nitrogen and oxygen atoms in total. The second kappa shape index (κ2) is 32.0. The molecule has 0 saturated heterocycles. The molecule has 1 saturated carbocycles. The van der Waals surface area contributed by atoms with E-state index in [0.717, 1.165) is 40.4 Å². The highest BCUT2D eigenvalue weighted by molar-refractivity contribution is 5.86. The number of rotatable bonds is 3. The van der Waals surface area contributed by atoms with E-state index >= 15 is 0 Å². The summed E-state index contributed by atoms with van der Waals surface area (Å²) in [5.74, 6) is 3.37. The lowest BCUT2D eigenvalue weighted by Crippen LogP contribution is -1.99. The number of methoxy groups -OCH3 is 3. The lowest BCUT2D eigenvalue weighted by atomic mass is 9.96. The quantitative estimate of drug-likeness (QED) is 0.134. The molecular weight excluding hydrogens is 777 g/mol. The summed E-state index contributed by atoms with van der Waals surface area (Å²) in [4.78, 5) is 19.2. The van der Waals surface area contributed by atoms with Gasteiger partial charge in [-0.2, -0.15) is 0 Å². The molecule has 0 N–H and O–H groups in total. The van der Waals surface area contributed by atoms with Gasteiger partial charge in [0.25, 0.3) is 0 Å². The lowest BCUT2D eigenvalue weighted by molar-refractivity contribution is -0.138. The number of hydrogen-bond acceptors (Lipinski definition) is 5. The maximum absolute atomic E-state index is 9.59. The van der Waals surface area contributed by atoms with Crippen molar-refractivity contribution in [2.45, 2.75) is 80.6 Å². The number of carbonyl (C=O) groups is 2. The molecule has 5 aromatic carbocycles. The molecule has 0 aromatic heterocycles. The van der Waals surface area contributed by atoms with Crippen molar-refractivity contribution >= 4 is 50.2 Å². The van der Waals surface area contributed by atoms with Crippen molar-refractivity contribution in [3.05, 3.63) is 176 Å². The zero-order valence-electron chi connectivity index (χ0n) is 40.3. The SMILES string of the molecule is C=C(C)c1ccc2ccccc2c1.C=C(C)c1ccc2ccccc2c1.C=C(C)c1ccccc1.CC1CC2C=CC1C2.CC1CC=CCC1.COC.COC(C)=O.COC(C)=O. The minimum atomic E-state index is -0.245. The molecule has 63 heavy (non-hydrogen) atoms. The van der Waals surface area contributed by atoms with E-state index in [1.165, 1.54) is 98.4 Å². The standard InChI is InChI=1S/2C13H12.C9H10.C8H12.C7H12.2C3H6O2.C2H6O/c2*1-10(2)12-8-7-11-5-3-4-6-13(11)9-12;1-8(2)9-6-4-3-5-7-9;1-6-4-7-2-3-8(6)5-7;1-7-5-3-2-4-6-7;2*1-3(4)5-2;1-3-2/h2*3-9H,1H2,2H3;3-7H,1H2,2H3;2-3,6-8H,4-5H2,1H3;2-3,7H,4-6H2,1H3;2*1-2H3;1-2H3. The van der Waals surface area contributed by atoms with Crippen LogP contribution in [-0.2, 0) is 23.8 Å². The molecule has 5 aromatic rings. The highest BCUT2D eigenvalue weighted by Crippen LogP contribution is 2.42. The van der Waals surface area contributed by atoms with E-state index in [4.69, 9.17) is 0 Å². The number of hydrogen-bond donors (Lipinski definition) is 0. The molecule has 8 rings (SSSR count). The second-order valence-corrected chi connectivity index (χ2v) is 16.3. The van der Waals surface area contributed by atoms with E-state index in [1.807, 2.05) is 39.0 Å². The van der Waals surface area contributed by atoms with Gasteiger partial charge in [0.1, 0.15) is 0 Å². The molecule has 0 heterocycles. The van der Waals surface area contributed by atoms with Crippen molar-refractivity contribution in [3.63, 3.8) is 0 Å². The Balaban J connectivity index is 0.000000374. The van der Waals surface area contributed by atoms with Crippen LogP contribution in [0.2, 0.25) is 0 Å². The van der Waals surface area contributed by atoms with Gasteiger partial charge in [0.15, 0.2) is 0 Å². The third kappa shape index (κ3) is 23.9. The van der Waals surface area contributed by atoms with Gasteiger partial charge in [-0.25, -0.2) is 0 Å². The normalized spacial score (nSPS) is 16.7. The van der Waals surface area contributed by atoms with Gasteiger partial charge in [-0.05, 0) is 127 Å². The molecule has 0 amide bonds. The summed E-state index contributed by atoms with van der Waals surface area (Å²) in [6.07, 6.45) is 16.3. The van der Waals surface area contributed by atoms with Crippen LogP contribution >= 0.6 is 0 Å². The van der Waals surface area contributed by atoms with Crippen LogP contribution in [-0.4, -0.2) is 40.4 Å². The zero-order chi connectivity index (χ0) is 47.2. The summed E-state index contributed by atoms with van der Waals surface area (Å²) in [7, 11) is 5.95. The maximum Gasteiger partial charge on any atom is 0.302 e. The topological polar surface area (TPSA) is 61.8 Å². The van der Waals surface area contributed by atoms with Gasteiger partial charge in [0.05, 0.1) is 14.2 Å². The van der Waals surface area contributed by atoms with Crippen LogP contribution < -0.4 is 0 Å². The van der Waals surface area contributed by atoms with Crippen LogP contribution in [0.1, 0.15) is 97.3 Å². The second-order valence-electron chi connectivity index (χ2n) is 16.3. The maximum atomic E-state index is 9.59. The first-order valence-electron chi connectivity index (χ1n) is 21.9. The Hall–Kier alpha value is -5.78. The van der Waals surface area contributed by atoms with E-state index < -0.39 is 0 Å². The Bertz CT molecular complexity index is 2070. The molecular formula is C58H76O5. The third-order valence-electron chi connectivity index (χ3n) is 10.5. The highest BCUT2D eigenvalue weighted by Gasteiger charge is 2.32. The van der Waals surface area contributed by atoms with Crippen LogP contribution in [0.5, 0.6) is 0 Å². The predicted molar refractivity (Wildman–Crippen MR) is 273 cm³/mol. The first-order valence-corrected chi connectivity index (χ1v) is 21.9. The van der Waals surface area contributed by atoms with Crippen LogP contribution in [0, 0.1) is 23.7 Å². The molecule has 0 radical (unpaired) electrons. The Morgan fingerprint density at radius 1 is 0.524 bits per heavy atom. The average molecular weight is 853 g/mol. The third-order valence-corrected chi connectivity index (χ3v) is 10.5. The van der Waals surface area contributed by atoms with E-state index in [9.17, 15) is 9.59 Å². The average Bonchev–Trinajstić information content (AvgIpc) is 3.91.